The van der Waals surface area contributed by atoms with Gasteiger partial charge >= 0.3 is 0 Å². The molecule has 1 aromatic heterocycles. The first-order valence-corrected chi connectivity index (χ1v) is 10.6. The number of pyridine rings is 1. The Labute approximate surface area is 190 Å². The van der Waals surface area contributed by atoms with Gasteiger partial charge in [-0.2, -0.15) is 0 Å². The number of halogens is 2. The molecule has 0 radical (unpaired) electrons. The molecule has 1 spiro atoms. The van der Waals surface area contributed by atoms with E-state index in [0.717, 1.165) is 16.7 Å². The van der Waals surface area contributed by atoms with Crippen LogP contribution in [0.25, 0.3) is 11.1 Å². The molecule has 0 saturated carbocycles. The van der Waals surface area contributed by atoms with Crippen LogP contribution in [0.5, 0.6) is 17.2 Å². The minimum absolute atomic E-state index is 0.00320. The van der Waals surface area contributed by atoms with E-state index in [1.165, 1.54) is 19.9 Å². The largest absolute Gasteiger partial charge is 0.490 e. The highest BCUT2D eigenvalue weighted by atomic mass is 19.1. The average Bonchev–Trinajstić information content (AvgIpc) is 2.79. The third-order valence-electron chi connectivity index (χ3n) is 5.69. The Kier molecular flexibility index (Phi) is 4.96. The van der Waals surface area contributed by atoms with Gasteiger partial charge in [0.1, 0.15) is 29.3 Å². The lowest BCUT2D eigenvalue weighted by Gasteiger charge is -2.39. The summed E-state index contributed by atoms with van der Waals surface area (Å²) in [7, 11) is 0. The van der Waals surface area contributed by atoms with Crippen LogP contribution in [0.1, 0.15) is 31.4 Å². The van der Waals surface area contributed by atoms with Crippen LogP contribution in [-0.2, 0) is 10.3 Å². The smallest absolute Gasteiger partial charge is 0.283 e. The lowest BCUT2D eigenvalue weighted by Crippen LogP contribution is -2.38. The molecular weight excluding hydrogens is 428 g/mol. The van der Waals surface area contributed by atoms with Crippen molar-refractivity contribution in [1.29, 1.82) is 0 Å². The minimum Gasteiger partial charge on any atom is -0.490 e. The number of alkyl halides is 1. The molecule has 6 nitrogen and oxygen atoms in total. The van der Waals surface area contributed by atoms with Crippen molar-refractivity contribution >= 4 is 6.02 Å². The van der Waals surface area contributed by atoms with E-state index >= 15 is 4.39 Å². The van der Waals surface area contributed by atoms with E-state index in [4.69, 9.17) is 19.9 Å². The van der Waals surface area contributed by atoms with Gasteiger partial charge in [-0.1, -0.05) is 12.1 Å². The molecule has 2 aliphatic heterocycles. The molecule has 0 aliphatic carbocycles. The summed E-state index contributed by atoms with van der Waals surface area (Å²) in [6.07, 6.45) is 3.87. The molecule has 8 heteroatoms. The number of nitrogens with zero attached hydrogens (tertiary/aromatic N) is 2. The Balaban J connectivity index is 1.69. The number of nitrogens with two attached hydrogens (primary N) is 1. The van der Waals surface area contributed by atoms with Crippen molar-refractivity contribution in [3.05, 3.63) is 71.8 Å². The number of aromatic nitrogens is 1. The molecule has 33 heavy (non-hydrogen) atoms. The fraction of sp³-hybridized carbons (Fsp3) is 0.280. The number of rotatable bonds is 4. The lowest BCUT2D eigenvalue weighted by atomic mass is 9.77. The van der Waals surface area contributed by atoms with Crippen LogP contribution in [0, 0.1) is 5.82 Å². The zero-order valence-electron chi connectivity index (χ0n) is 18.3. The van der Waals surface area contributed by atoms with E-state index in [1.54, 1.807) is 24.5 Å². The second-order valence-corrected chi connectivity index (χ2v) is 8.75. The van der Waals surface area contributed by atoms with Gasteiger partial charge in [-0.25, -0.2) is 13.8 Å². The maximum Gasteiger partial charge on any atom is 0.283 e. The first-order valence-electron chi connectivity index (χ1n) is 10.6. The molecule has 5 rings (SSSR count). The Bertz CT molecular complexity index is 1240. The van der Waals surface area contributed by atoms with Gasteiger partial charge in [-0.3, -0.25) is 4.98 Å². The maximum absolute atomic E-state index is 15.2. The van der Waals surface area contributed by atoms with Crippen molar-refractivity contribution in [2.24, 2.45) is 10.7 Å². The van der Waals surface area contributed by atoms with Crippen molar-refractivity contribution < 1.29 is 23.0 Å². The second kappa shape index (κ2) is 7.72. The second-order valence-electron chi connectivity index (χ2n) is 8.75. The predicted octanol–water partition coefficient (Wildman–Crippen LogP) is 5.10. The van der Waals surface area contributed by atoms with Crippen molar-refractivity contribution in [2.75, 3.05) is 13.2 Å². The van der Waals surface area contributed by atoms with E-state index in [0.29, 0.717) is 17.7 Å². The highest BCUT2D eigenvalue weighted by Gasteiger charge is 2.46. The number of hydrogen-bond donors (Lipinski definition) is 1. The lowest BCUT2D eigenvalue weighted by molar-refractivity contribution is 0.120. The SMILES string of the molecule is CC(C)(F)COc1cc(F)c2c(c1)[C@]1(CCOC(N)=N1)c1cc(-c3cccnc3)ccc1O2. The highest BCUT2D eigenvalue weighted by molar-refractivity contribution is 5.76. The van der Waals surface area contributed by atoms with Gasteiger partial charge in [0.05, 0.1) is 6.61 Å². The number of hydrogen-bond acceptors (Lipinski definition) is 6. The van der Waals surface area contributed by atoms with Crippen LogP contribution in [-0.4, -0.2) is 29.9 Å². The van der Waals surface area contributed by atoms with Gasteiger partial charge in [0, 0.05) is 41.6 Å². The summed E-state index contributed by atoms with van der Waals surface area (Å²) in [5, 5.41) is 0. The molecule has 0 fully saturated rings. The number of fused-ring (bicyclic) bond motifs is 4. The van der Waals surface area contributed by atoms with E-state index < -0.39 is 17.0 Å². The number of amidine groups is 1. The molecule has 0 bridgehead atoms. The van der Waals surface area contributed by atoms with Crippen LogP contribution in [0.15, 0.2) is 59.9 Å². The first kappa shape index (κ1) is 21.2. The Hall–Kier alpha value is -3.68. The number of benzene rings is 2. The Morgan fingerprint density at radius 1 is 1.15 bits per heavy atom. The van der Waals surface area contributed by atoms with Crippen LogP contribution in [0.2, 0.25) is 0 Å². The fourth-order valence-corrected chi connectivity index (χ4v) is 4.20. The zero-order chi connectivity index (χ0) is 23.2. The molecule has 2 N–H and O–H groups in total. The molecule has 0 saturated heterocycles. The molecule has 1 atom stereocenters. The van der Waals surface area contributed by atoms with Crippen LogP contribution >= 0.6 is 0 Å². The van der Waals surface area contributed by atoms with Gasteiger partial charge in [0.15, 0.2) is 11.6 Å². The first-order chi connectivity index (χ1) is 15.7. The third-order valence-corrected chi connectivity index (χ3v) is 5.69. The number of ether oxygens (including phenoxy) is 3. The standard InChI is InChI=1S/C25H23F2N3O3/c1-24(2,27)14-32-17-11-19-22(20(26)12-17)33-21-6-5-15(16-4-3-8-29-13-16)10-18(21)25(19)7-9-31-23(28)30-25/h3-6,8,10-13H,7,9,14H2,1-2H3,(H2,28,30)/t25-/m0/s1. The van der Waals surface area contributed by atoms with Gasteiger partial charge in [-0.05, 0) is 43.7 Å². The van der Waals surface area contributed by atoms with Gasteiger partial charge in [0.2, 0.25) is 0 Å². The Morgan fingerprint density at radius 3 is 2.73 bits per heavy atom. The normalized spacial score (nSPS) is 19.1. The molecular formula is C25H23F2N3O3. The van der Waals surface area contributed by atoms with Crippen molar-refractivity contribution in [1.82, 2.24) is 4.98 Å². The average molecular weight is 451 g/mol. The van der Waals surface area contributed by atoms with E-state index in [9.17, 15) is 4.39 Å². The summed E-state index contributed by atoms with van der Waals surface area (Å²) < 4.78 is 46.2. The fourth-order valence-electron chi connectivity index (χ4n) is 4.20. The quantitative estimate of drug-likeness (QED) is 0.597. The third kappa shape index (κ3) is 3.86. The summed E-state index contributed by atoms with van der Waals surface area (Å²) in [5.74, 6) is 0.0841. The van der Waals surface area contributed by atoms with Crippen molar-refractivity contribution in [3.63, 3.8) is 0 Å². The van der Waals surface area contributed by atoms with Crippen LogP contribution in [0.4, 0.5) is 8.78 Å². The topological polar surface area (TPSA) is 79.0 Å². The van der Waals surface area contributed by atoms with Crippen LogP contribution in [0.3, 0.4) is 0 Å². The van der Waals surface area contributed by atoms with Crippen molar-refractivity contribution in [3.8, 4) is 28.4 Å². The molecule has 170 valence electrons. The molecule has 2 aliphatic rings. The van der Waals surface area contributed by atoms with Crippen molar-refractivity contribution in [2.45, 2.75) is 31.5 Å². The monoisotopic (exact) mass is 451 g/mol. The van der Waals surface area contributed by atoms with E-state index in [2.05, 4.69) is 9.98 Å². The maximum atomic E-state index is 15.2. The summed E-state index contributed by atoms with van der Waals surface area (Å²) in [6, 6.07) is 12.3. The summed E-state index contributed by atoms with van der Waals surface area (Å²) in [5.41, 5.74) is 6.38. The van der Waals surface area contributed by atoms with Gasteiger partial charge in [-0.15, -0.1) is 0 Å². The molecule has 3 heterocycles. The highest BCUT2D eigenvalue weighted by Crippen LogP contribution is 2.54. The Morgan fingerprint density at radius 2 is 2.00 bits per heavy atom. The molecule has 0 amide bonds. The summed E-state index contributed by atoms with van der Waals surface area (Å²) in [6.45, 7) is 2.85. The minimum atomic E-state index is -1.58. The van der Waals surface area contributed by atoms with Crippen LogP contribution < -0.4 is 15.2 Å². The van der Waals surface area contributed by atoms with E-state index in [-0.39, 0.29) is 30.7 Å². The molecule has 0 unspecified atom stereocenters. The molecule has 3 aromatic rings. The molecule has 2 aromatic carbocycles. The van der Waals surface area contributed by atoms with Gasteiger partial charge in [0.25, 0.3) is 6.02 Å². The summed E-state index contributed by atoms with van der Waals surface area (Å²) in [4.78, 5) is 8.86. The number of aliphatic imine (C=N–C) groups is 1. The van der Waals surface area contributed by atoms with E-state index in [1.807, 2.05) is 24.3 Å². The van der Waals surface area contributed by atoms with Gasteiger partial charge < -0.3 is 19.9 Å². The predicted molar refractivity (Wildman–Crippen MR) is 120 cm³/mol. The zero-order valence-corrected chi connectivity index (χ0v) is 18.3. The summed E-state index contributed by atoms with van der Waals surface area (Å²) >= 11 is 0.